The van der Waals surface area contributed by atoms with Crippen molar-refractivity contribution in [3.63, 3.8) is 0 Å². The van der Waals surface area contributed by atoms with E-state index < -0.39 is 0 Å². The maximum Gasteiger partial charge on any atom is 0.0589 e. The van der Waals surface area contributed by atoms with Crippen molar-refractivity contribution < 1.29 is 9.84 Å². The highest BCUT2D eigenvalue weighted by atomic mass is 32.1. The Bertz CT molecular complexity index is 70.1. The normalized spacial score (nSPS) is 9.50. The third kappa shape index (κ3) is 22.5. The van der Waals surface area contributed by atoms with E-state index in [1.165, 1.54) is 0 Å². The van der Waals surface area contributed by atoms with E-state index >= 15 is 0 Å². The van der Waals surface area contributed by atoms with Gasteiger partial charge < -0.3 is 14.7 Å². The molecule has 3 nitrogen and oxygen atoms in total. The molecule has 0 rings (SSSR count). The van der Waals surface area contributed by atoms with Crippen molar-refractivity contribution in [3.05, 3.63) is 0 Å². The predicted octanol–water partition coefficient (Wildman–Crippen LogP) is 0.493. The average molecular weight is 195 g/mol. The first-order valence-electron chi connectivity index (χ1n) is 4.04. The molecule has 0 saturated carbocycles. The van der Waals surface area contributed by atoms with Crippen LogP contribution in [0.15, 0.2) is 0 Å². The van der Waals surface area contributed by atoms with Crippen LogP contribution in [0.4, 0.5) is 0 Å². The lowest BCUT2D eigenvalue weighted by atomic mass is 10.5. The summed E-state index contributed by atoms with van der Waals surface area (Å²) in [4.78, 5) is 2.09. The van der Waals surface area contributed by atoms with Crippen LogP contribution in [0.5, 0.6) is 0 Å². The zero-order chi connectivity index (χ0) is 9.82. The molecular weight excluding hydrogens is 174 g/mol. The van der Waals surface area contributed by atoms with Gasteiger partial charge in [-0.1, -0.05) is 0 Å². The standard InChI is InChI=1S/C5H13NO.C3H8OS/c1-6(2)4-5-7-3;4-2-1-3-5/h4-5H2,1-3H3;4-5H,1-3H2. The number of ether oxygens (including phenoxy) is 1. The first-order valence-corrected chi connectivity index (χ1v) is 4.67. The maximum absolute atomic E-state index is 8.02. The molecule has 0 aliphatic heterocycles. The van der Waals surface area contributed by atoms with E-state index in [-0.39, 0.29) is 6.61 Å². The third-order valence-corrected chi connectivity index (χ3v) is 1.38. The molecule has 0 heterocycles. The molecule has 0 radical (unpaired) electrons. The molecule has 0 aromatic carbocycles. The Morgan fingerprint density at radius 2 is 2.00 bits per heavy atom. The molecular formula is C8H21NO2S. The summed E-state index contributed by atoms with van der Waals surface area (Å²) >= 11 is 3.84. The van der Waals surface area contributed by atoms with Crippen molar-refractivity contribution in [3.8, 4) is 0 Å². The minimum Gasteiger partial charge on any atom is -0.396 e. The fourth-order valence-corrected chi connectivity index (χ4v) is 0.486. The van der Waals surface area contributed by atoms with Gasteiger partial charge in [-0.05, 0) is 26.3 Å². The maximum atomic E-state index is 8.02. The van der Waals surface area contributed by atoms with Gasteiger partial charge in [0, 0.05) is 20.3 Å². The van der Waals surface area contributed by atoms with Crippen molar-refractivity contribution in [2.24, 2.45) is 0 Å². The fraction of sp³-hybridized carbons (Fsp3) is 1.00. The molecule has 0 saturated heterocycles. The Labute approximate surface area is 81.1 Å². The average Bonchev–Trinajstić information content (AvgIpc) is 2.03. The number of nitrogens with zero attached hydrogens (tertiary/aromatic N) is 1. The second kappa shape index (κ2) is 13.8. The predicted molar refractivity (Wildman–Crippen MR) is 56.0 cm³/mol. The van der Waals surface area contributed by atoms with Crippen LogP contribution in [0.2, 0.25) is 0 Å². The molecule has 0 fully saturated rings. The van der Waals surface area contributed by atoms with Gasteiger partial charge in [-0.15, -0.1) is 0 Å². The van der Waals surface area contributed by atoms with Crippen molar-refractivity contribution in [1.29, 1.82) is 0 Å². The van der Waals surface area contributed by atoms with Crippen LogP contribution in [-0.4, -0.2) is 56.7 Å². The number of likely N-dealkylation sites (N-methyl/N-ethyl adjacent to an activating group) is 1. The van der Waals surface area contributed by atoms with Gasteiger partial charge in [0.2, 0.25) is 0 Å². The van der Waals surface area contributed by atoms with E-state index in [0.717, 1.165) is 25.3 Å². The first kappa shape index (κ1) is 14.7. The van der Waals surface area contributed by atoms with Crippen molar-refractivity contribution in [2.75, 3.05) is 46.7 Å². The molecule has 0 spiro atoms. The summed E-state index contributed by atoms with van der Waals surface area (Å²) in [5, 5.41) is 8.02. The molecule has 1 N–H and O–H groups in total. The molecule has 0 bridgehead atoms. The molecule has 0 unspecified atom stereocenters. The van der Waals surface area contributed by atoms with E-state index in [4.69, 9.17) is 9.84 Å². The van der Waals surface area contributed by atoms with E-state index in [1.807, 2.05) is 14.1 Å². The highest BCUT2D eigenvalue weighted by molar-refractivity contribution is 7.80. The molecule has 0 aromatic rings. The van der Waals surface area contributed by atoms with E-state index in [1.54, 1.807) is 7.11 Å². The molecule has 0 atom stereocenters. The molecule has 76 valence electrons. The number of thiol groups is 1. The largest absolute Gasteiger partial charge is 0.396 e. The van der Waals surface area contributed by atoms with Gasteiger partial charge in [-0.2, -0.15) is 12.6 Å². The quantitative estimate of drug-likeness (QED) is 0.626. The summed E-state index contributed by atoms with van der Waals surface area (Å²) in [6.07, 6.45) is 0.809. The monoisotopic (exact) mass is 195 g/mol. The van der Waals surface area contributed by atoms with Gasteiger partial charge in [0.25, 0.3) is 0 Å². The van der Waals surface area contributed by atoms with Crippen LogP contribution in [0.3, 0.4) is 0 Å². The molecule has 0 amide bonds. The lowest BCUT2D eigenvalue weighted by molar-refractivity contribution is 0.172. The third-order valence-electron chi connectivity index (χ3n) is 1.06. The highest BCUT2D eigenvalue weighted by Crippen LogP contribution is 1.76. The lowest BCUT2D eigenvalue weighted by Crippen LogP contribution is -2.16. The number of aliphatic hydroxyl groups excluding tert-OH is 1. The van der Waals surface area contributed by atoms with Gasteiger partial charge in [0.15, 0.2) is 0 Å². The second-order valence-corrected chi connectivity index (χ2v) is 3.04. The summed E-state index contributed by atoms with van der Waals surface area (Å²) < 4.78 is 4.81. The van der Waals surface area contributed by atoms with E-state index in [0.29, 0.717) is 0 Å². The Morgan fingerprint density at radius 3 is 2.08 bits per heavy atom. The minimum absolute atomic E-state index is 0.267. The summed E-state index contributed by atoms with van der Waals surface area (Å²) in [5.41, 5.74) is 0. The molecule has 0 aliphatic carbocycles. The number of methoxy groups -OCH3 is 1. The Kier molecular flexibility index (Phi) is 16.9. The topological polar surface area (TPSA) is 32.7 Å². The highest BCUT2D eigenvalue weighted by Gasteiger charge is 1.83. The molecule has 0 aromatic heterocycles. The first-order chi connectivity index (χ1) is 5.68. The summed E-state index contributed by atoms with van der Waals surface area (Å²) in [7, 11) is 5.77. The zero-order valence-corrected chi connectivity index (χ0v) is 9.18. The molecule has 12 heavy (non-hydrogen) atoms. The summed E-state index contributed by atoms with van der Waals surface area (Å²) in [6, 6.07) is 0. The van der Waals surface area contributed by atoms with Gasteiger partial charge in [0.05, 0.1) is 6.61 Å². The van der Waals surface area contributed by atoms with Crippen molar-refractivity contribution in [1.82, 2.24) is 4.90 Å². The van der Waals surface area contributed by atoms with Crippen molar-refractivity contribution in [2.45, 2.75) is 6.42 Å². The van der Waals surface area contributed by atoms with E-state index in [9.17, 15) is 0 Å². The SMILES string of the molecule is COCCN(C)C.OCCCS. The number of rotatable bonds is 5. The second-order valence-electron chi connectivity index (χ2n) is 2.60. The Morgan fingerprint density at radius 1 is 1.42 bits per heavy atom. The molecule has 4 heteroatoms. The van der Waals surface area contributed by atoms with Gasteiger partial charge in [-0.3, -0.25) is 0 Å². The van der Waals surface area contributed by atoms with Crippen molar-refractivity contribution >= 4 is 12.6 Å². The van der Waals surface area contributed by atoms with E-state index in [2.05, 4.69) is 17.5 Å². The minimum atomic E-state index is 0.267. The van der Waals surface area contributed by atoms with Crippen LogP contribution < -0.4 is 0 Å². The zero-order valence-electron chi connectivity index (χ0n) is 8.29. The number of hydrogen-bond donors (Lipinski definition) is 2. The van der Waals surface area contributed by atoms with Crippen LogP contribution in [0.1, 0.15) is 6.42 Å². The van der Waals surface area contributed by atoms with Crippen LogP contribution in [0, 0.1) is 0 Å². The summed E-state index contributed by atoms with van der Waals surface area (Å²) in [6.45, 7) is 2.10. The van der Waals surface area contributed by atoms with Crippen LogP contribution >= 0.6 is 12.6 Å². The molecule has 0 aliphatic rings. The lowest BCUT2D eigenvalue weighted by Gasteiger charge is -2.06. The van der Waals surface area contributed by atoms with Crippen LogP contribution in [0.25, 0.3) is 0 Å². The fourth-order valence-electron chi connectivity index (χ4n) is 0.345. The number of hydrogen-bond acceptors (Lipinski definition) is 4. The summed E-state index contributed by atoms with van der Waals surface area (Å²) in [5.74, 6) is 0.788. The van der Waals surface area contributed by atoms with Gasteiger partial charge in [-0.25, -0.2) is 0 Å². The van der Waals surface area contributed by atoms with Gasteiger partial charge in [0.1, 0.15) is 0 Å². The number of aliphatic hydroxyl groups is 1. The van der Waals surface area contributed by atoms with Crippen LogP contribution in [-0.2, 0) is 4.74 Å². The Hall–Kier alpha value is 0.230. The van der Waals surface area contributed by atoms with Gasteiger partial charge >= 0.3 is 0 Å². The smallest absolute Gasteiger partial charge is 0.0589 e. The Balaban J connectivity index is 0.